The third kappa shape index (κ3) is 3.88. The molecule has 0 aliphatic rings. The molecule has 200 valence electrons. The van der Waals surface area contributed by atoms with Crippen LogP contribution >= 0.6 is 0 Å². The van der Waals surface area contributed by atoms with Crippen LogP contribution in [0.2, 0.25) is 0 Å². The summed E-state index contributed by atoms with van der Waals surface area (Å²) in [5.41, 5.74) is 4.33. The minimum Gasteiger partial charge on any atom is -0.455 e. The number of para-hydroxylation sites is 1. The lowest BCUT2D eigenvalue weighted by molar-refractivity contribution is 0.670. The van der Waals surface area contributed by atoms with Gasteiger partial charge in [-0.05, 0) is 56.6 Å². The molecule has 7 aromatic carbocycles. The van der Waals surface area contributed by atoms with E-state index in [1.165, 1.54) is 26.9 Å². The van der Waals surface area contributed by atoms with Crippen molar-refractivity contribution in [2.45, 2.75) is 0 Å². The van der Waals surface area contributed by atoms with Gasteiger partial charge in [0, 0.05) is 21.9 Å². The lowest BCUT2D eigenvalue weighted by atomic mass is 10.00. The van der Waals surface area contributed by atoms with E-state index in [2.05, 4.69) is 103 Å². The largest absolute Gasteiger partial charge is 0.455 e. The van der Waals surface area contributed by atoms with Gasteiger partial charge in [0.2, 0.25) is 0 Å². The van der Waals surface area contributed by atoms with Crippen molar-refractivity contribution < 1.29 is 4.42 Å². The maximum absolute atomic E-state index is 6.54. The van der Waals surface area contributed by atoms with Crippen molar-refractivity contribution in [3.05, 3.63) is 140 Å². The molecule has 0 N–H and O–H groups in total. The number of furan rings is 1. The molecular weight excluding hydrogens is 526 g/mol. The van der Waals surface area contributed by atoms with E-state index in [1.807, 2.05) is 36.4 Å². The normalized spacial score (nSPS) is 11.7. The average molecular weight is 550 g/mol. The Balaban J connectivity index is 1.30. The Bertz CT molecular complexity index is 2510. The van der Waals surface area contributed by atoms with Crippen LogP contribution in [0.1, 0.15) is 0 Å². The van der Waals surface area contributed by atoms with Crippen LogP contribution in [0, 0.1) is 0 Å². The fourth-order valence-corrected chi connectivity index (χ4v) is 6.14. The smallest absolute Gasteiger partial charge is 0.167 e. The van der Waals surface area contributed by atoms with Crippen LogP contribution in [0.15, 0.2) is 144 Å². The van der Waals surface area contributed by atoms with Gasteiger partial charge < -0.3 is 4.42 Å². The van der Waals surface area contributed by atoms with Gasteiger partial charge in [0.05, 0.1) is 5.56 Å². The molecule has 4 heteroatoms. The van der Waals surface area contributed by atoms with Crippen molar-refractivity contribution in [2.24, 2.45) is 0 Å². The molecule has 0 amide bonds. The summed E-state index contributed by atoms with van der Waals surface area (Å²) in [6, 6.07) is 48.2. The highest BCUT2D eigenvalue weighted by atomic mass is 16.3. The summed E-state index contributed by atoms with van der Waals surface area (Å²) in [5, 5.41) is 9.21. The van der Waals surface area contributed by atoms with Crippen molar-refractivity contribution in [1.82, 2.24) is 15.0 Å². The molecule has 4 nitrogen and oxygen atoms in total. The van der Waals surface area contributed by atoms with Gasteiger partial charge in [-0.3, -0.25) is 0 Å². The first-order chi connectivity index (χ1) is 21.3. The van der Waals surface area contributed by atoms with Crippen LogP contribution in [0.4, 0.5) is 0 Å². The van der Waals surface area contributed by atoms with Crippen molar-refractivity contribution in [3.63, 3.8) is 0 Å². The first-order valence-electron chi connectivity index (χ1n) is 14.4. The van der Waals surface area contributed by atoms with Crippen LogP contribution in [0.3, 0.4) is 0 Å². The van der Waals surface area contributed by atoms with E-state index >= 15 is 0 Å². The van der Waals surface area contributed by atoms with Gasteiger partial charge in [-0.25, -0.2) is 15.0 Å². The van der Waals surface area contributed by atoms with Gasteiger partial charge in [-0.15, -0.1) is 0 Å². The summed E-state index contributed by atoms with van der Waals surface area (Å²) in [5.74, 6) is 1.83. The fourth-order valence-electron chi connectivity index (χ4n) is 6.14. The molecule has 0 aliphatic heterocycles. The summed E-state index contributed by atoms with van der Waals surface area (Å²) in [4.78, 5) is 15.1. The summed E-state index contributed by atoms with van der Waals surface area (Å²) < 4.78 is 6.54. The summed E-state index contributed by atoms with van der Waals surface area (Å²) in [6.07, 6.45) is 0. The monoisotopic (exact) mass is 549 g/mol. The molecule has 0 unspecified atom stereocenters. The second-order valence-corrected chi connectivity index (χ2v) is 10.9. The van der Waals surface area contributed by atoms with Crippen LogP contribution in [0.5, 0.6) is 0 Å². The average Bonchev–Trinajstić information content (AvgIpc) is 3.44. The molecule has 9 aromatic rings. The quantitative estimate of drug-likeness (QED) is 0.206. The molecule has 2 heterocycles. The summed E-state index contributed by atoms with van der Waals surface area (Å²) in [6.45, 7) is 0. The molecule has 0 saturated carbocycles. The van der Waals surface area contributed by atoms with E-state index in [0.29, 0.717) is 17.5 Å². The zero-order chi connectivity index (χ0) is 28.3. The molecule has 0 saturated heterocycles. The summed E-state index contributed by atoms with van der Waals surface area (Å²) >= 11 is 0. The van der Waals surface area contributed by atoms with E-state index in [-0.39, 0.29) is 0 Å². The maximum atomic E-state index is 6.54. The Hall–Kier alpha value is -5.87. The van der Waals surface area contributed by atoms with Crippen molar-refractivity contribution in [3.8, 4) is 34.2 Å². The number of nitrogens with zero attached hydrogens (tertiary/aromatic N) is 3. The Morgan fingerprint density at radius 1 is 0.372 bits per heavy atom. The van der Waals surface area contributed by atoms with Gasteiger partial charge in [0.1, 0.15) is 11.2 Å². The molecule has 0 bridgehead atoms. The van der Waals surface area contributed by atoms with E-state index < -0.39 is 0 Å². The molecular formula is C39H23N3O. The second kappa shape index (κ2) is 9.33. The van der Waals surface area contributed by atoms with Gasteiger partial charge >= 0.3 is 0 Å². The molecule has 9 rings (SSSR count). The van der Waals surface area contributed by atoms with E-state index in [1.54, 1.807) is 0 Å². The van der Waals surface area contributed by atoms with Crippen LogP contribution in [0.25, 0.3) is 88.4 Å². The number of hydrogen-bond donors (Lipinski definition) is 0. The third-order valence-electron chi connectivity index (χ3n) is 8.28. The van der Waals surface area contributed by atoms with Crippen molar-refractivity contribution in [2.75, 3.05) is 0 Å². The highest BCUT2D eigenvalue weighted by Crippen LogP contribution is 2.38. The highest BCUT2D eigenvalue weighted by molar-refractivity contribution is 6.13. The van der Waals surface area contributed by atoms with Crippen molar-refractivity contribution in [1.29, 1.82) is 0 Å². The molecule has 0 fully saturated rings. The predicted octanol–water partition coefficient (Wildman–Crippen LogP) is 10.2. The number of rotatable bonds is 3. The maximum Gasteiger partial charge on any atom is 0.167 e. The topological polar surface area (TPSA) is 51.8 Å². The third-order valence-corrected chi connectivity index (χ3v) is 8.28. The van der Waals surface area contributed by atoms with E-state index in [9.17, 15) is 0 Å². The Morgan fingerprint density at radius 2 is 1.00 bits per heavy atom. The zero-order valence-electron chi connectivity index (χ0n) is 23.0. The molecule has 0 radical (unpaired) electrons. The van der Waals surface area contributed by atoms with Gasteiger partial charge in [0.15, 0.2) is 17.5 Å². The molecule has 0 atom stereocenters. The second-order valence-electron chi connectivity index (χ2n) is 10.9. The van der Waals surface area contributed by atoms with E-state index in [4.69, 9.17) is 19.4 Å². The molecule has 43 heavy (non-hydrogen) atoms. The molecule has 0 aliphatic carbocycles. The van der Waals surface area contributed by atoms with Gasteiger partial charge in [-0.2, -0.15) is 0 Å². The number of hydrogen-bond acceptors (Lipinski definition) is 4. The predicted molar refractivity (Wildman–Crippen MR) is 176 cm³/mol. The first kappa shape index (κ1) is 23.8. The highest BCUT2D eigenvalue weighted by Gasteiger charge is 2.18. The van der Waals surface area contributed by atoms with Crippen molar-refractivity contribution >= 4 is 54.3 Å². The molecule has 2 aromatic heterocycles. The minimum absolute atomic E-state index is 0.580. The Labute approximate surface area is 246 Å². The number of fused-ring (bicyclic) bond motifs is 7. The number of aromatic nitrogens is 3. The molecule has 0 spiro atoms. The Kier molecular flexibility index (Phi) is 5.16. The number of benzene rings is 7. The standard InChI is InChI=1S/C39H23N3O/c1-2-10-26(11-3-1)37-40-38(29-20-19-25-18-17-24-9-6-7-14-30(24)33(25)22-29)42-39(41-37)32-16-8-15-31-34-21-27-12-4-5-13-28(27)23-35(34)43-36(31)32/h1-23H. The fraction of sp³-hybridized carbons (Fsp3) is 0. The zero-order valence-corrected chi connectivity index (χ0v) is 23.0. The van der Waals surface area contributed by atoms with Gasteiger partial charge in [0.25, 0.3) is 0 Å². The van der Waals surface area contributed by atoms with E-state index in [0.717, 1.165) is 44.0 Å². The van der Waals surface area contributed by atoms with Gasteiger partial charge in [-0.1, -0.05) is 115 Å². The summed E-state index contributed by atoms with van der Waals surface area (Å²) in [7, 11) is 0. The van der Waals surface area contributed by atoms with Crippen LogP contribution in [-0.4, -0.2) is 15.0 Å². The minimum atomic E-state index is 0.580. The first-order valence-corrected chi connectivity index (χ1v) is 14.4. The lowest BCUT2D eigenvalue weighted by Crippen LogP contribution is -2.00. The van der Waals surface area contributed by atoms with Crippen LogP contribution < -0.4 is 0 Å². The SMILES string of the molecule is c1ccc(-c2nc(-c3ccc4ccc5ccccc5c4c3)nc(-c3cccc4c3oc3cc5ccccc5cc34)n2)cc1. The lowest BCUT2D eigenvalue weighted by Gasteiger charge is -2.10. The van der Waals surface area contributed by atoms with Crippen LogP contribution in [-0.2, 0) is 0 Å². The Morgan fingerprint density at radius 3 is 1.84 bits per heavy atom.